The van der Waals surface area contributed by atoms with Gasteiger partial charge in [0.25, 0.3) is 0 Å². The predicted molar refractivity (Wildman–Crippen MR) is 195 cm³/mol. The van der Waals surface area contributed by atoms with Gasteiger partial charge >= 0.3 is 0 Å². The summed E-state index contributed by atoms with van der Waals surface area (Å²) >= 11 is 0. The molecule has 0 saturated heterocycles. The molecule has 4 nitrogen and oxygen atoms in total. The van der Waals surface area contributed by atoms with Crippen LogP contribution in [0.15, 0.2) is 158 Å². The normalized spacial score (nSPS) is 11.3. The molecule has 9 aromatic rings. The van der Waals surface area contributed by atoms with Crippen molar-refractivity contribution in [2.45, 2.75) is 0 Å². The van der Waals surface area contributed by atoms with E-state index in [1.54, 1.807) is 0 Å². The van der Waals surface area contributed by atoms with Gasteiger partial charge in [0.05, 0.1) is 51.0 Å². The number of benzene rings is 7. The van der Waals surface area contributed by atoms with Gasteiger partial charge in [-0.05, 0) is 71.8 Å². The predicted octanol–water partition coefficient (Wildman–Crippen LogP) is 11.0. The van der Waals surface area contributed by atoms with Crippen molar-refractivity contribution >= 4 is 43.6 Å². The van der Waals surface area contributed by atoms with Gasteiger partial charge in [-0.15, -0.1) is 0 Å². The summed E-state index contributed by atoms with van der Waals surface area (Å²) in [7, 11) is 0. The van der Waals surface area contributed by atoms with Crippen LogP contribution in [0.4, 0.5) is 0 Å². The highest BCUT2D eigenvalue weighted by molar-refractivity contribution is 6.12. The van der Waals surface area contributed by atoms with Crippen LogP contribution in [0, 0.1) is 22.7 Å². The number of hydrogen-bond acceptors (Lipinski definition) is 2. The SMILES string of the molecule is N#Cc1ccc(-c2cc(-n3c4ccccc4c4ccccc43)cc(-c3ccc(C#N)cc3)c2-n2c3ccccc3c3ccccc32)cc1. The second kappa shape index (κ2) is 10.9. The van der Waals surface area contributed by atoms with Crippen molar-refractivity contribution in [2.75, 3.05) is 0 Å². The fourth-order valence-electron chi connectivity index (χ4n) is 7.24. The fraction of sp³-hybridized carbons (Fsp3) is 0. The zero-order valence-electron chi connectivity index (χ0n) is 25.8. The Labute approximate surface area is 277 Å². The van der Waals surface area contributed by atoms with Gasteiger partial charge < -0.3 is 9.13 Å². The average Bonchev–Trinajstić information content (AvgIpc) is 3.67. The van der Waals surface area contributed by atoms with Crippen LogP contribution in [0.5, 0.6) is 0 Å². The van der Waals surface area contributed by atoms with Crippen LogP contribution in [0.3, 0.4) is 0 Å². The highest BCUT2D eigenvalue weighted by atomic mass is 15.0. The Morgan fingerprint density at radius 1 is 0.375 bits per heavy atom. The van der Waals surface area contributed by atoms with Crippen LogP contribution in [0.25, 0.3) is 77.2 Å². The van der Waals surface area contributed by atoms with Gasteiger partial charge in [-0.25, -0.2) is 0 Å². The van der Waals surface area contributed by atoms with Crippen LogP contribution in [0.1, 0.15) is 11.1 Å². The van der Waals surface area contributed by atoms with Gasteiger partial charge in [-0.3, -0.25) is 0 Å². The molecule has 0 aliphatic heterocycles. The van der Waals surface area contributed by atoms with Crippen LogP contribution in [-0.4, -0.2) is 9.13 Å². The number of fused-ring (bicyclic) bond motifs is 6. The summed E-state index contributed by atoms with van der Waals surface area (Å²) < 4.78 is 4.72. The monoisotopic (exact) mass is 610 g/mol. The first-order valence-electron chi connectivity index (χ1n) is 15.9. The van der Waals surface area contributed by atoms with E-state index in [2.05, 4.69) is 130 Å². The Balaban J connectivity index is 1.48. The van der Waals surface area contributed by atoms with E-state index in [0.29, 0.717) is 11.1 Å². The molecule has 0 spiro atoms. The molecule has 7 aromatic carbocycles. The molecule has 0 radical (unpaired) electrons. The van der Waals surface area contributed by atoms with Crippen molar-refractivity contribution in [1.29, 1.82) is 10.5 Å². The first-order chi connectivity index (χ1) is 23.7. The first kappa shape index (κ1) is 27.4. The van der Waals surface area contributed by atoms with Crippen molar-refractivity contribution in [3.05, 3.63) is 169 Å². The maximum Gasteiger partial charge on any atom is 0.0991 e. The highest BCUT2D eigenvalue weighted by Gasteiger charge is 2.23. The summed E-state index contributed by atoms with van der Waals surface area (Å²) in [5.74, 6) is 0. The Kier molecular flexibility index (Phi) is 6.22. The maximum absolute atomic E-state index is 9.67. The molecule has 0 amide bonds. The molecule has 48 heavy (non-hydrogen) atoms. The molecule has 0 aliphatic rings. The Bertz CT molecular complexity index is 2600. The van der Waals surface area contributed by atoms with Gasteiger partial charge in [0, 0.05) is 38.4 Å². The van der Waals surface area contributed by atoms with E-state index < -0.39 is 0 Å². The molecule has 2 aromatic heterocycles. The third kappa shape index (κ3) is 4.14. The number of rotatable bonds is 4. The number of hydrogen-bond donors (Lipinski definition) is 0. The average molecular weight is 611 g/mol. The molecule has 222 valence electrons. The molecule has 0 aliphatic carbocycles. The second-order valence-corrected chi connectivity index (χ2v) is 12.0. The molecule has 0 unspecified atom stereocenters. The smallest absolute Gasteiger partial charge is 0.0991 e. The lowest BCUT2D eigenvalue weighted by Gasteiger charge is -2.22. The summed E-state index contributed by atoms with van der Waals surface area (Å²) in [4.78, 5) is 0. The molecule has 0 saturated carbocycles. The molecular formula is C44H26N4. The van der Waals surface area contributed by atoms with Crippen molar-refractivity contribution < 1.29 is 0 Å². The number of para-hydroxylation sites is 4. The van der Waals surface area contributed by atoms with Gasteiger partial charge in [-0.2, -0.15) is 10.5 Å². The fourth-order valence-corrected chi connectivity index (χ4v) is 7.24. The Morgan fingerprint density at radius 3 is 1.06 bits per heavy atom. The quantitative estimate of drug-likeness (QED) is 0.199. The van der Waals surface area contributed by atoms with Crippen molar-refractivity contribution in [2.24, 2.45) is 0 Å². The summed E-state index contributed by atoms with van der Waals surface area (Å²) in [5.41, 5.74) is 11.8. The molecule has 0 fully saturated rings. The van der Waals surface area contributed by atoms with Gasteiger partial charge in [0.15, 0.2) is 0 Å². The lowest BCUT2D eigenvalue weighted by molar-refractivity contribution is 1.15. The maximum atomic E-state index is 9.67. The van der Waals surface area contributed by atoms with E-state index in [1.807, 2.05) is 48.5 Å². The molecule has 0 N–H and O–H groups in total. The molecule has 9 rings (SSSR count). The third-order valence-corrected chi connectivity index (χ3v) is 9.39. The van der Waals surface area contributed by atoms with E-state index in [-0.39, 0.29) is 0 Å². The summed E-state index contributed by atoms with van der Waals surface area (Å²) in [5, 5.41) is 24.1. The zero-order valence-corrected chi connectivity index (χ0v) is 25.8. The van der Waals surface area contributed by atoms with Crippen molar-refractivity contribution in [3.8, 4) is 45.8 Å². The topological polar surface area (TPSA) is 57.4 Å². The minimum absolute atomic E-state index is 0.614. The Morgan fingerprint density at radius 2 is 0.708 bits per heavy atom. The van der Waals surface area contributed by atoms with E-state index in [9.17, 15) is 10.5 Å². The standard InChI is InChI=1S/C44H26N4/c45-27-29-17-21-31(22-18-29)38-25-33(47-40-13-5-1-9-34(40)35-10-2-6-14-41(35)47)26-39(32-23-19-30(28-46)20-24-32)44(38)48-42-15-7-3-11-36(42)37-12-4-8-16-43(37)48/h1-26H. The minimum atomic E-state index is 0.614. The minimum Gasteiger partial charge on any atom is -0.309 e. The second-order valence-electron chi connectivity index (χ2n) is 12.0. The molecule has 0 atom stereocenters. The first-order valence-corrected chi connectivity index (χ1v) is 15.9. The van der Waals surface area contributed by atoms with E-state index in [0.717, 1.165) is 55.7 Å². The van der Waals surface area contributed by atoms with Crippen LogP contribution >= 0.6 is 0 Å². The van der Waals surface area contributed by atoms with Crippen LogP contribution in [-0.2, 0) is 0 Å². The summed E-state index contributed by atoms with van der Waals surface area (Å²) in [6, 6.07) is 59.1. The largest absolute Gasteiger partial charge is 0.309 e. The van der Waals surface area contributed by atoms with Gasteiger partial charge in [0.2, 0.25) is 0 Å². The molecule has 4 heteroatoms. The lowest BCUT2D eigenvalue weighted by Crippen LogP contribution is -2.04. The number of nitriles is 2. The third-order valence-electron chi connectivity index (χ3n) is 9.39. The van der Waals surface area contributed by atoms with Crippen molar-refractivity contribution in [3.63, 3.8) is 0 Å². The van der Waals surface area contributed by atoms with Crippen LogP contribution < -0.4 is 0 Å². The molecule has 0 bridgehead atoms. The van der Waals surface area contributed by atoms with E-state index >= 15 is 0 Å². The summed E-state index contributed by atoms with van der Waals surface area (Å²) in [6.45, 7) is 0. The van der Waals surface area contributed by atoms with Crippen LogP contribution in [0.2, 0.25) is 0 Å². The summed E-state index contributed by atoms with van der Waals surface area (Å²) in [6.07, 6.45) is 0. The van der Waals surface area contributed by atoms with Gasteiger partial charge in [-0.1, -0.05) is 97.1 Å². The van der Waals surface area contributed by atoms with Gasteiger partial charge in [0.1, 0.15) is 0 Å². The molecule has 2 heterocycles. The van der Waals surface area contributed by atoms with E-state index in [1.165, 1.54) is 21.5 Å². The number of aromatic nitrogens is 2. The lowest BCUT2D eigenvalue weighted by atomic mass is 9.93. The Hall–Kier alpha value is -6.88. The zero-order chi connectivity index (χ0) is 32.2. The van der Waals surface area contributed by atoms with E-state index in [4.69, 9.17) is 0 Å². The number of nitrogens with zero attached hydrogens (tertiary/aromatic N) is 4. The van der Waals surface area contributed by atoms with Crippen molar-refractivity contribution in [1.82, 2.24) is 9.13 Å². The molecular weight excluding hydrogens is 585 g/mol. The highest BCUT2D eigenvalue weighted by Crippen LogP contribution is 2.44.